The number of hydrogen-bond donors (Lipinski definition) is 1. The van der Waals surface area contributed by atoms with E-state index in [1.807, 2.05) is 0 Å². The molecule has 3 atom stereocenters. The van der Waals surface area contributed by atoms with Crippen molar-refractivity contribution in [2.75, 3.05) is 0 Å². The van der Waals surface area contributed by atoms with Gasteiger partial charge in [0.25, 0.3) is 0 Å². The van der Waals surface area contributed by atoms with Crippen molar-refractivity contribution in [3.8, 4) is 0 Å². The second-order valence-corrected chi connectivity index (χ2v) is 4.65. The average molecular weight is 227 g/mol. The van der Waals surface area contributed by atoms with Crippen LogP contribution in [-0.4, -0.2) is 33.8 Å². The van der Waals surface area contributed by atoms with Crippen LogP contribution in [0.3, 0.4) is 0 Å². The van der Waals surface area contributed by atoms with Crippen LogP contribution < -0.4 is 0 Å². The van der Waals surface area contributed by atoms with E-state index in [-0.39, 0.29) is 17.7 Å². The molecule has 5 nitrogen and oxygen atoms in total. The van der Waals surface area contributed by atoms with Gasteiger partial charge in [0, 0.05) is 11.8 Å². The third kappa shape index (κ3) is 1.81. The Bertz CT molecular complexity index is 317. The van der Waals surface area contributed by atoms with Crippen LogP contribution in [0.4, 0.5) is 0 Å². The maximum absolute atomic E-state index is 11.8. The third-order valence-electron chi connectivity index (χ3n) is 3.17. The number of carboxylic acids is 1. The molecule has 16 heavy (non-hydrogen) atoms. The predicted octanol–water partition coefficient (Wildman–Crippen LogP) is 0.737. The zero-order valence-electron chi connectivity index (χ0n) is 9.93. The number of carbonyl (C=O) groups is 3. The van der Waals surface area contributed by atoms with Crippen molar-refractivity contribution in [1.29, 1.82) is 0 Å². The van der Waals surface area contributed by atoms with Gasteiger partial charge in [-0.2, -0.15) is 0 Å². The van der Waals surface area contributed by atoms with Gasteiger partial charge in [-0.1, -0.05) is 27.7 Å². The quantitative estimate of drug-likeness (QED) is 0.721. The average Bonchev–Trinajstić information content (AvgIpc) is 2.34. The number of amides is 2. The summed E-state index contributed by atoms with van der Waals surface area (Å²) >= 11 is 0. The Morgan fingerprint density at radius 3 is 1.81 bits per heavy atom. The molecule has 0 saturated carbocycles. The number of hydrogen-bond acceptors (Lipinski definition) is 3. The first-order valence-corrected chi connectivity index (χ1v) is 5.38. The summed E-state index contributed by atoms with van der Waals surface area (Å²) in [4.78, 5) is 35.6. The zero-order chi connectivity index (χ0) is 12.6. The molecule has 1 saturated heterocycles. The number of nitrogens with zero attached hydrogens (tertiary/aromatic N) is 1. The molecule has 5 heteroatoms. The molecular formula is C11H17NO4. The Hall–Kier alpha value is -1.39. The minimum atomic E-state index is -1.13. The fraction of sp³-hybridized carbons (Fsp3) is 0.727. The molecule has 0 spiro atoms. The monoisotopic (exact) mass is 227 g/mol. The fourth-order valence-electron chi connectivity index (χ4n) is 1.94. The Kier molecular flexibility index (Phi) is 3.35. The van der Waals surface area contributed by atoms with Gasteiger partial charge >= 0.3 is 5.97 Å². The third-order valence-corrected chi connectivity index (χ3v) is 3.17. The van der Waals surface area contributed by atoms with Gasteiger partial charge in [0.05, 0.1) is 0 Å². The molecule has 3 unspecified atom stereocenters. The molecule has 1 aliphatic rings. The van der Waals surface area contributed by atoms with Crippen molar-refractivity contribution < 1.29 is 19.5 Å². The Labute approximate surface area is 94.4 Å². The van der Waals surface area contributed by atoms with Crippen LogP contribution in [0.15, 0.2) is 0 Å². The highest BCUT2D eigenvalue weighted by molar-refractivity contribution is 6.07. The van der Waals surface area contributed by atoms with Crippen LogP contribution in [-0.2, 0) is 14.4 Å². The second-order valence-electron chi connectivity index (χ2n) is 4.65. The molecule has 1 fully saturated rings. The summed E-state index contributed by atoms with van der Waals surface area (Å²) in [6, 6.07) is -1.05. The van der Waals surface area contributed by atoms with Crippen molar-refractivity contribution in [1.82, 2.24) is 4.90 Å². The summed E-state index contributed by atoms with van der Waals surface area (Å²) in [5, 5.41) is 9.07. The lowest BCUT2D eigenvalue weighted by Crippen LogP contribution is -2.48. The van der Waals surface area contributed by atoms with Crippen LogP contribution >= 0.6 is 0 Å². The fourth-order valence-corrected chi connectivity index (χ4v) is 1.94. The Balaban J connectivity index is 3.07. The number of imide groups is 1. The van der Waals surface area contributed by atoms with Gasteiger partial charge in [-0.05, 0) is 5.92 Å². The maximum Gasteiger partial charge on any atom is 0.327 e. The van der Waals surface area contributed by atoms with Crippen LogP contribution in [0.25, 0.3) is 0 Å². The van der Waals surface area contributed by atoms with E-state index in [0.717, 1.165) is 4.90 Å². The standard InChI is InChI=1S/C11H17NO4/c1-5(2)8(11(15)16)12-9(13)6(3)7(4)10(12)14/h5-8H,1-4H3,(H,15,16). The van der Waals surface area contributed by atoms with Crippen molar-refractivity contribution in [3.05, 3.63) is 0 Å². The lowest BCUT2D eigenvalue weighted by molar-refractivity contribution is -0.156. The first-order chi connectivity index (χ1) is 7.29. The van der Waals surface area contributed by atoms with Crippen LogP contribution in [0.2, 0.25) is 0 Å². The largest absolute Gasteiger partial charge is 0.480 e. The van der Waals surface area contributed by atoms with Gasteiger partial charge in [0.1, 0.15) is 6.04 Å². The van der Waals surface area contributed by atoms with Gasteiger partial charge in [-0.15, -0.1) is 0 Å². The molecule has 0 radical (unpaired) electrons. The number of likely N-dealkylation sites (tertiary alicyclic amines) is 1. The van der Waals surface area contributed by atoms with Crippen molar-refractivity contribution in [2.45, 2.75) is 33.7 Å². The van der Waals surface area contributed by atoms with E-state index in [1.54, 1.807) is 27.7 Å². The molecule has 1 rings (SSSR count). The van der Waals surface area contributed by atoms with Crippen molar-refractivity contribution in [3.63, 3.8) is 0 Å². The summed E-state index contributed by atoms with van der Waals surface area (Å²) in [6.07, 6.45) is 0. The molecule has 0 aromatic rings. The molecule has 90 valence electrons. The number of aliphatic carboxylic acids is 1. The molecule has 2 amide bonds. The molecule has 0 bridgehead atoms. The highest BCUT2D eigenvalue weighted by atomic mass is 16.4. The van der Waals surface area contributed by atoms with Gasteiger partial charge in [-0.3, -0.25) is 14.5 Å². The summed E-state index contributed by atoms with van der Waals surface area (Å²) in [7, 11) is 0. The number of rotatable bonds is 3. The maximum atomic E-state index is 11.8. The molecule has 1 aliphatic heterocycles. The second kappa shape index (κ2) is 4.23. The van der Waals surface area contributed by atoms with Crippen LogP contribution in [0.5, 0.6) is 0 Å². The van der Waals surface area contributed by atoms with Crippen molar-refractivity contribution in [2.24, 2.45) is 17.8 Å². The van der Waals surface area contributed by atoms with E-state index in [9.17, 15) is 14.4 Å². The number of carboxylic acid groups (broad SMARTS) is 1. The summed E-state index contributed by atoms with van der Waals surface area (Å²) in [5.41, 5.74) is 0. The SMILES string of the molecule is CC(C)C(C(=O)O)N1C(=O)C(C)C(C)C1=O. The first kappa shape index (κ1) is 12.7. The van der Waals surface area contributed by atoms with E-state index < -0.39 is 23.8 Å². The molecule has 0 aliphatic carbocycles. The highest BCUT2D eigenvalue weighted by Crippen LogP contribution is 2.29. The van der Waals surface area contributed by atoms with Gasteiger partial charge < -0.3 is 5.11 Å². The summed E-state index contributed by atoms with van der Waals surface area (Å²) in [5.74, 6) is -3.01. The summed E-state index contributed by atoms with van der Waals surface area (Å²) < 4.78 is 0. The minimum Gasteiger partial charge on any atom is -0.480 e. The van der Waals surface area contributed by atoms with E-state index in [0.29, 0.717) is 0 Å². The summed E-state index contributed by atoms with van der Waals surface area (Å²) in [6.45, 7) is 6.69. The lowest BCUT2D eigenvalue weighted by atomic mass is 10.00. The normalized spacial score (nSPS) is 27.7. The number of carbonyl (C=O) groups excluding carboxylic acids is 2. The minimum absolute atomic E-state index is 0.289. The zero-order valence-corrected chi connectivity index (χ0v) is 9.93. The van der Waals surface area contributed by atoms with Crippen LogP contribution in [0.1, 0.15) is 27.7 Å². The molecule has 1 N–H and O–H groups in total. The molecule has 0 aromatic heterocycles. The first-order valence-electron chi connectivity index (χ1n) is 5.38. The van der Waals surface area contributed by atoms with Gasteiger partial charge in [0.15, 0.2) is 0 Å². The predicted molar refractivity (Wildman–Crippen MR) is 56.4 cm³/mol. The van der Waals surface area contributed by atoms with E-state index in [2.05, 4.69) is 0 Å². The van der Waals surface area contributed by atoms with Crippen LogP contribution in [0, 0.1) is 17.8 Å². The molecular weight excluding hydrogens is 210 g/mol. The van der Waals surface area contributed by atoms with E-state index in [4.69, 9.17) is 5.11 Å². The Morgan fingerprint density at radius 2 is 1.56 bits per heavy atom. The van der Waals surface area contributed by atoms with Crippen molar-refractivity contribution >= 4 is 17.8 Å². The van der Waals surface area contributed by atoms with Gasteiger partial charge in [0.2, 0.25) is 11.8 Å². The molecule has 1 heterocycles. The Morgan fingerprint density at radius 1 is 1.19 bits per heavy atom. The molecule has 0 aromatic carbocycles. The van der Waals surface area contributed by atoms with Gasteiger partial charge in [-0.25, -0.2) is 4.79 Å². The topological polar surface area (TPSA) is 74.7 Å². The smallest absolute Gasteiger partial charge is 0.327 e. The lowest BCUT2D eigenvalue weighted by Gasteiger charge is -2.25. The van der Waals surface area contributed by atoms with E-state index >= 15 is 0 Å². The van der Waals surface area contributed by atoms with E-state index in [1.165, 1.54) is 0 Å². The highest BCUT2D eigenvalue weighted by Gasteiger charge is 2.48.